The van der Waals surface area contributed by atoms with E-state index in [0.29, 0.717) is 107 Å². The summed E-state index contributed by atoms with van der Waals surface area (Å²) in [5, 5.41) is 18.2. The maximum atomic E-state index is 13.5. The Labute approximate surface area is 355 Å². The number of unbranched alkanes of at least 4 members (excludes halogenated alkanes) is 2. The van der Waals surface area contributed by atoms with Crippen molar-refractivity contribution in [1.82, 2.24) is 34.1 Å². The van der Waals surface area contributed by atoms with Crippen LogP contribution < -0.4 is 11.1 Å². The second kappa shape index (κ2) is 20.3. The summed E-state index contributed by atoms with van der Waals surface area (Å²) in [5.41, 5.74) is 3.69. The van der Waals surface area contributed by atoms with Gasteiger partial charge in [-0.1, -0.05) is 31.0 Å². The van der Waals surface area contributed by atoms with Gasteiger partial charge in [0.05, 0.1) is 46.5 Å². The Bertz CT molecular complexity index is 2880. The maximum absolute atomic E-state index is 13.5. The van der Waals surface area contributed by atoms with Gasteiger partial charge in [0.2, 0.25) is 0 Å². The van der Waals surface area contributed by atoms with Gasteiger partial charge in [0.1, 0.15) is 29.0 Å². The lowest BCUT2D eigenvalue weighted by atomic mass is 10.1. The summed E-state index contributed by atoms with van der Waals surface area (Å²) in [7, 11) is 1.35. The molecule has 0 aliphatic heterocycles. The van der Waals surface area contributed by atoms with E-state index in [4.69, 9.17) is 16.5 Å². The average Bonchev–Trinajstić information content (AvgIpc) is 3.72. The van der Waals surface area contributed by atoms with E-state index < -0.39 is 11.8 Å². The summed E-state index contributed by atoms with van der Waals surface area (Å²) in [6, 6.07) is 21.7. The summed E-state index contributed by atoms with van der Waals surface area (Å²) in [4.78, 5) is 58.1. The number of esters is 1. The minimum Gasteiger partial charge on any atom is -0.481 e. The molecule has 3 heterocycles. The number of hydrogen-bond acceptors (Lipinski definition) is 9. The topological polar surface area (TPSA) is 164 Å². The smallest absolute Gasteiger partial charge is 0.305 e. The molecule has 0 amide bonds. The van der Waals surface area contributed by atoms with Gasteiger partial charge in [-0.15, -0.1) is 11.5 Å². The summed E-state index contributed by atoms with van der Waals surface area (Å²) in [5.74, 6) is 2.07. The molecule has 62 heavy (non-hydrogen) atoms. The maximum Gasteiger partial charge on any atom is 0.305 e. The van der Waals surface area contributed by atoms with E-state index in [-0.39, 0.29) is 29.3 Å². The van der Waals surface area contributed by atoms with Crippen LogP contribution in [-0.4, -0.2) is 58.3 Å². The minimum absolute atomic E-state index is 0.0462. The quantitative estimate of drug-likeness (QED) is 0.0617. The number of aliphatic carboxylic acids is 1. The molecule has 4 aromatic carbocycles. The summed E-state index contributed by atoms with van der Waals surface area (Å²) in [6.45, 7) is 4.96. The molecule has 0 spiro atoms. The summed E-state index contributed by atoms with van der Waals surface area (Å²) in [6.07, 6.45) is 10.8. The molecule has 0 aliphatic rings. The van der Waals surface area contributed by atoms with Gasteiger partial charge in [0.25, 0.3) is 11.1 Å². The third-order valence-electron chi connectivity index (χ3n) is 9.90. The average molecular weight is 842 g/mol. The number of methoxy groups -OCH3 is 1. The fourth-order valence-corrected chi connectivity index (χ4v) is 6.87. The number of carbonyl (C=O) groups excluding carboxylic acids is 1. The van der Waals surface area contributed by atoms with Crippen molar-refractivity contribution in [3.63, 3.8) is 0 Å². The van der Waals surface area contributed by atoms with E-state index in [1.165, 1.54) is 64.8 Å². The molecule has 13 nitrogen and oxygen atoms in total. The summed E-state index contributed by atoms with van der Waals surface area (Å²) < 4.78 is 36.2. The number of halogens is 2. The number of aromatic nitrogens is 7. The lowest BCUT2D eigenvalue weighted by molar-refractivity contribution is -0.140. The highest BCUT2D eigenvalue weighted by Gasteiger charge is 2.17. The zero-order valence-electron chi connectivity index (χ0n) is 34.6. The number of rotatable bonds is 15. The molecule has 7 aromatic rings. The first-order chi connectivity index (χ1) is 29.8. The van der Waals surface area contributed by atoms with E-state index in [1.807, 2.05) is 18.3 Å². The van der Waals surface area contributed by atoms with Crippen molar-refractivity contribution >= 4 is 33.7 Å². The molecule has 0 aliphatic carbocycles. The van der Waals surface area contributed by atoms with E-state index in [9.17, 15) is 28.0 Å². The number of hydrogen-bond donors (Lipinski definition) is 1. The molecule has 0 radical (unpaired) electrons. The zero-order valence-corrected chi connectivity index (χ0v) is 34.6. The Morgan fingerprint density at radius 3 is 1.81 bits per heavy atom. The van der Waals surface area contributed by atoms with Crippen LogP contribution in [0.3, 0.4) is 0 Å². The normalized spacial score (nSPS) is 11.0. The van der Waals surface area contributed by atoms with E-state index in [2.05, 4.69) is 39.8 Å². The van der Waals surface area contributed by atoms with Crippen LogP contribution in [0.1, 0.15) is 69.6 Å². The Hall–Kier alpha value is -7.34. The largest absolute Gasteiger partial charge is 0.481 e. The van der Waals surface area contributed by atoms with E-state index >= 15 is 0 Å². The fraction of sp³-hybridized carbons (Fsp3) is 0.277. The molecular weight excluding hydrogens is 797 g/mol. The number of carboxylic acid groups (broad SMARTS) is 1. The molecular formula is C47H45F2N7O6. The molecule has 1 N–H and O–H groups in total. The molecule has 0 unspecified atom stereocenters. The van der Waals surface area contributed by atoms with Crippen molar-refractivity contribution in [3.05, 3.63) is 141 Å². The van der Waals surface area contributed by atoms with Crippen LogP contribution in [-0.2, 0) is 33.7 Å². The number of fused-ring (bicyclic) bond motifs is 2. The van der Waals surface area contributed by atoms with Gasteiger partial charge in [-0.05, 0) is 110 Å². The molecule has 318 valence electrons. The number of terminal acetylenes is 1. The van der Waals surface area contributed by atoms with E-state index in [1.54, 1.807) is 28.9 Å². The molecule has 0 saturated heterocycles. The zero-order chi connectivity index (χ0) is 44.3. The van der Waals surface area contributed by atoms with E-state index in [0.717, 1.165) is 12.1 Å². The number of carboxylic acids is 1. The van der Waals surface area contributed by atoms with Crippen molar-refractivity contribution in [2.24, 2.45) is 5.92 Å². The highest BCUT2D eigenvalue weighted by molar-refractivity contribution is 5.83. The molecule has 0 bridgehead atoms. The Kier molecular flexibility index (Phi) is 14.5. The second-order valence-corrected chi connectivity index (χ2v) is 15.0. The standard InChI is InChI=1S/C25H26FN5O3.C22H19FN2O3/c1-16(2)14-30-15-22(28-29-30)17-7-12-20-21(13-17)27-23(5-3-4-6-24(32)33)31(25(20)34)19-10-8-18(26)9-11-19;1-3-15-8-13-18-19(14-15)24-20(6-4-5-7-21(26)28-2)25(22(18)27)17-11-9-16(23)10-12-17/h7-13,15-16H,3-6,14H2,1-2H3,(H,32,33);1,8-14H,4-7H2,2H3. The van der Waals surface area contributed by atoms with Gasteiger partial charge < -0.3 is 9.84 Å². The van der Waals surface area contributed by atoms with Gasteiger partial charge in [-0.25, -0.2) is 18.7 Å². The Morgan fingerprint density at radius 1 is 0.758 bits per heavy atom. The highest BCUT2D eigenvalue weighted by Crippen LogP contribution is 2.23. The highest BCUT2D eigenvalue weighted by atomic mass is 19.1. The molecule has 0 atom stereocenters. The third-order valence-corrected chi connectivity index (χ3v) is 9.90. The predicted octanol–water partition coefficient (Wildman–Crippen LogP) is 7.63. The number of aryl methyl sites for hydroxylation is 2. The van der Waals surface area contributed by atoms with Crippen molar-refractivity contribution in [3.8, 4) is 35.0 Å². The lowest BCUT2D eigenvalue weighted by Gasteiger charge is -2.14. The van der Waals surface area contributed by atoms with Gasteiger partial charge in [0, 0.05) is 43.4 Å². The van der Waals surface area contributed by atoms with Crippen LogP contribution in [0, 0.1) is 29.9 Å². The lowest BCUT2D eigenvalue weighted by Crippen LogP contribution is -2.24. The van der Waals surface area contributed by atoms with Crippen molar-refractivity contribution in [1.29, 1.82) is 0 Å². The van der Waals surface area contributed by atoms with Crippen molar-refractivity contribution < 1.29 is 28.2 Å². The van der Waals surface area contributed by atoms with Gasteiger partial charge in [-0.3, -0.25) is 33.0 Å². The van der Waals surface area contributed by atoms with Crippen LogP contribution in [0.5, 0.6) is 0 Å². The van der Waals surface area contributed by atoms with Gasteiger partial charge in [-0.2, -0.15) is 0 Å². The first kappa shape index (κ1) is 44.2. The molecule has 0 saturated carbocycles. The Morgan fingerprint density at radius 2 is 1.29 bits per heavy atom. The predicted molar refractivity (Wildman–Crippen MR) is 231 cm³/mol. The van der Waals surface area contributed by atoms with Crippen LogP contribution in [0.4, 0.5) is 8.78 Å². The Balaban J connectivity index is 0.000000211. The fourth-order valence-electron chi connectivity index (χ4n) is 6.87. The van der Waals surface area contributed by atoms with Crippen molar-refractivity contribution in [2.45, 2.75) is 71.8 Å². The monoisotopic (exact) mass is 841 g/mol. The number of benzene rings is 4. The number of carbonyl (C=O) groups is 2. The molecule has 15 heteroatoms. The number of nitrogens with zero attached hydrogens (tertiary/aromatic N) is 7. The van der Waals surface area contributed by atoms with Gasteiger partial charge >= 0.3 is 11.9 Å². The molecule has 0 fully saturated rings. The van der Waals surface area contributed by atoms with Crippen LogP contribution in [0.25, 0.3) is 44.4 Å². The first-order valence-electron chi connectivity index (χ1n) is 20.1. The SMILES string of the molecule is C#Cc1ccc2c(=O)n(-c3ccc(F)cc3)c(CCCCC(=O)OC)nc2c1.CC(C)Cn1cc(-c2ccc3c(=O)n(-c4ccc(F)cc4)c(CCCCC(=O)O)nc3c2)nn1. The molecule has 3 aromatic heterocycles. The van der Waals surface area contributed by atoms with Crippen molar-refractivity contribution in [2.75, 3.05) is 7.11 Å². The first-order valence-corrected chi connectivity index (χ1v) is 20.1. The van der Waals surface area contributed by atoms with Crippen LogP contribution in [0.2, 0.25) is 0 Å². The second-order valence-electron chi connectivity index (χ2n) is 15.0. The van der Waals surface area contributed by atoms with Crippen LogP contribution >= 0.6 is 0 Å². The number of ether oxygens (including phenoxy) is 1. The van der Waals surface area contributed by atoms with Crippen LogP contribution in [0.15, 0.2) is 101 Å². The minimum atomic E-state index is -0.863. The third kappa shape index (κ3) is 10.9. The van der Waals surface area contributed by atoms with Gasteiger partial charge in [0.15, 0.2) is 0 Å². The molecule has 7 rings (SSSR count). The summed E-state index contributed by atoms with van der Waals surface area (Å²) >= 11 is 0.